The molecule has 4 aromatic carbocycles. The molecule has 0 radical (unpaired) electrons. The second-order valence-corrected chi connectivity index (χ2v) is 8.71. The summed E-state index contributed by atoms with van der Waals surface area (Å²) < 4.78 is 10.2. The fraction of sp³-hybridized carbons (Fsp3) is 0.0625. The molecule has 0 atom stereocenters. The summed E-state index contributed by atoms with van der Waals surface area (Å²) in [5.74, 6) is -1.58. The number of nitrogens with two attached hydrogens (primary N) is 1. The summed E-state index contributed by atoms with van der Waals surface area (Å²) in [4.78, 5) is 38.3. The van der Waals surface area contributed by atoms with Crippen LogP contribution in [0.25, 0.3) is 17.2 Å². The Morgan fingerprint density at radius 1 is 0.850 bits per heavy atom. The zero-order valence-corrected chi connectivity index (χ0v) is 21.7. The first kappa shape index (κ1) is 27.5. The lowest BCUT2D eigenvalue weighted by Crippen LogP contribution is -2.15. The highest BCUT2D eigenvalue weighted by Gasteiger charge is 2.20. The summed E-state index contributed by atoms with van der Waals surface area (Å²) in [6.45, 7) is 0.106. The fourth-order valence-electron chi connectivity index (χ4n) is 3.95. The number of nitrogens with one attached hydrogen (secondary N) is 2. The van der Waals surface area contributed by atoms with E-state index in [0.29, 0.717) is 33.5 Å². The number of carbonyl (C=O) groups excluding carboxylic acids is 3. The van der Waals surface area contributed by atoms with Crippen molar-refractivity contribution in [2.75, 3.05) is 12.4 Å². The number of hydrogen-bond acceptors (Lipinski definition) is 6. The van der Waals surface area contributed by atoms with Crippen LogP contribution in [0.15, 0.2) is 103 Å². The Morgan fingerprint density at radius 2 is 1.52 bits per heavy atom. The van der Waals surface area contributed by atoms with E-state index in [4.69, 9.17) is 15.9 Å². The van der Waals surface area contributed by atoms with Crippen molar-refractivity contribution >= 4 is 35.4 Å². The topological polar surface area (TPSA) is 132 Å². The summed E-state index contributed by atoms with van der Waals surface area (Å²) in [6.07, 6.45) is 2.79. The molecule has 0 unspecified atom stereocenters. The number of nitrogen functional groups attached to an aromatic ring is 1. The fourth-order valence-corrected chi connectivity index (χ4v) is 3.95. The van der Waals surface area contributed by atoms with Crippen molar-refractivity contribution in [2.45, 2.75) is 6.61 Å². The number of ether oxygens (including phenoxy) is 2. The highest BCUT2D eigenvalue weighted by molar-refractivity contribution is 6.11. The van der Waals surface area contributed by atoms with Crippen LogP contribution in [-0.2, 0) is 20.9 Å². The molecule has 0 bridgehead atoms. The van der Waals surface area contributed by atoms with E-state index in [0.717, 1.165) is 5.56 Å². The van der Waals surface area contributed by atoms with E-state index in [-0.39, 0.29) is 18.0 Å². The Labute approximate surface area is 231 Å². The van der Waals surface area contributed by atoms with Crippen molar-refractivity contribution < 1.29 is 23.9 Å². The standard InChI is InChI=1S/C32H27N3O5/c1-39-29(36)18-12-21-11-17-26(28(19-21)31(37)35-24-15-13-23(14-16-24)30(33)34)25-9-5-6-10-27(25)32(38)40-20-22-7-3-2-4-8-22/h2-19H,20H2,1H3,(H3,33,34)(H,35,37)/b18-12+. The lowest BCUT2D eigenvalue weighted by atomic mass is 9.93. The minimum Gasteiger partial charge on any atom is -0.466 e. The van der Waals surface area contributed by atoms with E-state index < -0.39 is 17.8 Å². The SMILES string of the molecule is COC(=O)/C=C/c1ccc(-c2ccccc2C(=O)OCc2ccccc2)c(C(=O)Nc2ccc(C(=N)N)cc2)c1. The molecule has 0 aliphatic rings. The molecule has 4 rings (SSSR count). The Bertz CT molecular complexity index is 1580. The van der Waals surface area contributed by atoms with Gasteiger partial charge in [0.1, 0.15) is 12.4 Å². The molecule has 0 spiro atoms. The van der Waals surface area contributed by atoms with Crippen LogP contribution in [0.4, 0.5) is 5.69 Å². The highest BCUT2D eigenvalue weighted by atomic mass is 16.5. The molecular formula is C32H27N3O5. The van der Waals surface area contributed by atoms with Crippen molar-refractivity contribution in [1.82, 2.24) is 0 Å². The Kier molecular flexibility index (Phi) is 8.84. The Morgan fingerprint density at radius 3 is 2.23 bits per heavy atom. The maximum Gasteiger partial charge on any atom is 0.339 e. The number of benzene rings is 4. The van der Waals surface area contributed by atoms with Gasteiger partial charge >= 0.3 is 11.9 Å². The third kappa shape index (κ3) is 6.87. The van der Waals surface area contributed by atoms with Gasteiger partial charge in [0.2, 0.25) is 0 Å². The highest BCUT2D eigenvalue weighted by Crippen LogP contribution is 2.30. The van der Waals surface area contributed by atoms with Gasteiger partial charge in [0, 0.05) is 22.9 Å². The first-order valence-electron chi connectivity index (χ1n) is 12.3. The Balaban J connectivity index is 1.70. The molecule has 8 nitrogen and oxygen atoms in total. The predicted molar refractivity (Wildman–Crippen MR) is 154 cm³/mol. The average Bonchev–Trinajstić information content (AvgIpc) is 2.99. The van der Waals surface area contributed by atoms with Gasteiger partial charge in [0.25, 0.3) is 5.91 Å². The smallest absolute Gasteiger partial charge is 0.339 e. The van der Waals surface area contributed by atoms with Gasteiger partial charge in [-0.2, -0.15) is 0 Å². The van der Waals surface area contributed by atoms with E-state index in [1.54, 1.807) is 66.7 Å². The largest absolute Gasteiger partial charge is 0.466 e. The van der Waals surface area contributed by atoms with Gasteiger partial charge < -0.3 is 20.5 Å². The second-order valence-electron chi connectivity index (χ2n) is 8.71. The van der Waals surface area contributed by atoms with Crippen molar-refractivity contribution in [1.29, 1.82) is 5.41 Å². The molecule has 0 heterocycles. The average molecular weight is 534 g/mol. The first-order chi connectivity index (χ1) is 19.4. The summed E-state index contributed by atoms with van der Waals surface area (Å²) in [7, 11) is 1.28. The van der Waals surface area contributed by atoms with E-state index in [1.807, 2.05) is 30.3 Å². The van der Waals surface area contributed by atoms with Gasteiger partial charge in [0.15, 0.2) is 0 Å². The molecule has 1 amide bonds. The number of amidine groups is 1. The predicted octanol–water partition coefficient (Wildman–Crippen LogP) is 5.43. The molecule has 0 aromatic heterocycles. The molecule has 0 aliphatic heterocycles. The monoisotopic (exact) mass is 533 g/mol. The van der Waals surface area contributed by atoms with Crippen LogP contribution in [0.5, 0.6) is 0 Å². The van der Waals surface area contributed by atoms with Gasteiger partial charge in [-0.15, -0.1) is 0 Å². The van der Waals surface area contributed by atoms with Gasteiger partial charge in [-0.05, 0) is 64.7 Å². The molecular weight excluding hydrogens is 506 g/mol. The van der Waals surface area contributed by atoms with Crippen LogP contribution >= 0.6 is 0 Å². The third-order valence-electron chi connectivity index (χ3n) is 6.00. The summed E-state index contributed by atoms with van der Waals surface area (Å²) in [5, 5.41) is 10.4. The molecule has 8 heteroatoms. The number of carbonyl (C=O) groups is 3. The molecule has 4 N–H and O–H groups in total. The van der Waals surface area contributed by atoms with Crippen LogP contribution in [-0.4, -0.2) is 30.8 Å². The molecule has 40 heavy (non-hydrogen) atoms. The first-order valence-corrected chi connectivity index (χ1v) is 12.3. The maximum atomic E-state index is 13.6. The number of hydrogen-bond donors (Lipinski definition) is 3. The van der Waals surface area contributed by atoms with E-state index >= 15 is 0 Å². The summed E-state index contributed by atoms with van der Waals surface area (Å²) in [6, 6.07) is 27.9. The van der Waals surface area contributed by atoms with Gasteiger partial charge in [-0.1, -0.05) is 60.7 Å². The number of methoxy groups -OCH3 is 1. The van der Waals surface area contributed by atoms with Crippen LogP contribution < -0.4 is 11.1 Å². The maximum absolute atomic E-state index is 13.6. The Hall–Kier alpha value is -5.50. The van der Waals surface area contributed by atoms with E-state index in [1.165, 1.54) is 19.3 Å². The summed E-state index contributed by atoms with van der Waals surface area (Å²) >= 11 is 0. The number of amides is 1. The van der Waals surface area contributed by atoms with Gasteiger partial charge in [0.05, 0.1) is 12.7 Å². The van der Waals surface area contributed by atoms with E-state index in [9.17, 15) is 14.4 Å². The second kappa shape index (κ2) is 12.8. The van der Waals surface area contributed by atoms with Crippen molar-refractivity contribution in [3.8, 4) is 11.1 Å². The van der Waals surface area contributed by atoms with Gasteiger partial charge in [-0.3, -0.25) is 10.2 Å². The molecule has 4 aromatic rings. The lowest BCUT2D eigenvalue weighted by molar-refractivity contribution is -0.134. The van der Waals surface area contributed by atoms with Crippen molar-refractivity contribution in [3.05, 3.63) is 131 Å². The minimum absolute atomic E-state index is 0.0824. The molecule has 0 saturated carbocycles. The number of esters is 2. The van der Waals surface area contributed by atoms with Crippen LogP contribution in [0.1, 0.15) is 37.4 Å². The quantitative estimate of drug-likeness (QED) is 0.114. The number of rotatable bonds is 9. The lowest BCUT2D eigenvalue weighted by Gasteiger charge is -2.15. The van der Waals surface area contributed by atoms with Gasteiger partial charge in [-0.25, -0.2) is 9.59 Å². The van der Waals surface area contributed by atoms with E-state index in [2.05, 4.69) is 10.1 Å². The van der Waals surface area contributed by atoms with Crippen LogP contribution in [0, 0.1) is 5.41 Å². The molecule has 0 saturated heterocycles. The number of anilines is 1. The minimum atomic E-state index is -0.535. The third-order valence-corrected chi connectivity index (χ3v) is 6.00. The normalized spacial score (nSPS) is 10.6. The van der Waals surface area contributed by atoms with Crippen LogP contribution in [0.3, 0.4) is 0 Å². The van der Waals surface area contributed by atoms with Crippen molar-refractivity contribution in [2.24, 2.45) is 5.73 Å². The molecule has 200 valence electrons. The zero-order chi connectivity index (χ0) is 28.5. The summed E-state index contributed by atoms with van der Waals surface area (Å²) in [5.41, 5.74) is 9.56. The molecule has 0 aliphatic carbocycles. The zero-order valence-electron chi connectivity index (χ0n) is 21.7. The van der Waals surface area contributed by atoms with Crippen LogP contribution in [0.2, 0.25) is 0 Å². The van der Waals surface area contributed by atoms with Crippen molar-refractivity contribution in [3.63, 3.8) is 0 Å². The molecule has 0 fully saturated rings.